The highest BCUT2D eigenvalue weighted by Gasteiger charge is 2.51. The van der Waals surface area contributed by atoms with Crippen molar-refractivity contribution in [1.82, 2.24) is 24.8 Å². The lowest BCUT2D eigenvalue weighted by Crippen LogP contribution is -2.48. The van der Waals surface area contributed by atoms with E-state index in [-0.39, 0.29) is 47.6 Å². The third kappa shape index (κ3) is 7.92. The van der Waals surface area contributed by atoms with E-state index in [0.29, 0.717) is 70.6 Å². The first kappa shape index (κ1) is 44.2. The van der Waals surface area contributed by atoms with Gasteiger partial charge in [-0.2, -0.15) is 9.97 Å². The van der Waals surface area contributed by atoms with Crippen LogP contribution < -0.4 is 9.64 Å². The van der Waals surface area contributed by atoms with Gasteiger partial charge in [0.05, 0.1) is 28.6 Å². The van der Waals surface area contributed by atoms with Crippen LogP contribution in [0.5, 0.6) is 6.01 Å². The van der Waals surface area contributed by atoms with Crippen molar-refractivity contribution in [2.75, 3.05) is 38.2 Å². The SMILES string of the molecule is CC(C)[Si](C#Cc1c(F)ccc2cccc(-c3ncc4c(N(C)[C@@H]5CCN(C(=O)OC(C)(C)C)[C@@H]5C5CC5)nc(OC[C@@]56CCCN5C[C@H](F)C6)nc4c3F)c12)(C(C)C)C(C)C. The van der Waals surface area contributed by atoms with Crippen molar-refractivity contribution in [3.8, 4) is 28.7 Å². The van der Waals surface area contributed by atoms with Crippen molar-refractivity contribution >= 4 is 41.7 Å². The Hall–Kier alpha value is -4.41. The molecule has 0 spiro atoms. The highest BCUT2D eigenvalue weighted by atomic mass is 28.3. The van der Waals surface area contributed by atoms with Gasteiger partial charge in [-0.05, 0) is 93.4 Å². The van der Waals surface area contributed by atoms with E-state index in [9.17, 15) is 9.18 Å². The number of rotatable bonds is 10. The van der Waals surface area contributed by atoms with E-state index in [1.54, 1.807) is 18.3 Å². The number of alkyl halides is 1. The molecule has 2 aromatic heterocycles. The second-order valence-electron chi connectivity index (χ2n) is 20.3. The Balaban J connectivity index is 1.26. The topological polar surface area (TPSA) is 83.9 Å². The molecule has 2 aromatic carbocycles. The lowest BCUT2D eigenvalue weighted by atomic mass is 9.95. The number of hydrogen-bond donors (Lipinski definition) is 0. The largest absolute Gasteiger partial charge is 0.461 e. The predicted molar refractivity (Wildman–Crippen MR) is 243 cm³/mol. The number of likely N-dealkylation sites (tertiary alicyclic amines) is 1. The van der Waals surface area contributed by atoms with Gasteiger partial charge < -0.3 is 19.3 Å². The van der Waals surface area contributed by atoms with E-state index in [0.717, 1.165) is 37.6 Å². The molecule has 5 heterocycles. The molecule has 1 amide bonds. The summed E-state index contributed by atoms with van der Waals surface area (Å²) in [4.78, 5) is 34.1. The number of fused-ring (bicyclic) bond motifs is 3. The zero-order valence-electron chi connectivity index (χ0n) is 38.1. The number of carbonyl (C=O) groups excluding carboxylic acids is 1. The smallest absolute Gasteiger partial charge is 0.410 e. The van der Waals surface area contributed by atoms with Crippen LogP contribution in [0.25, 0.3) is 32.9 Å². The minimum Gasteiger partial charge on any atom is -0.461 e. The fourth-order valence-electron chi connectivity index (χ4n) is 11.4. The number of anilines is 1. The number of amides is 1. The summed E-state index contributed by atoms with van der Waals surface area (Å²) in [5.41, 5.74) is 4.23. The van der Waals surface area contributed by atoms with Crippen molar-refractivity contribution in [2.45, 2.75) is 147 Å². The molecule has 4 atom stereocenters. The maximum atomic E-state index is 17.7. The number of ether oxygens (including phenoxy) is 2. The van der Waals surface area contributed by atoms with Crippen molar-refractivity contribution in [1.29, 1.82) is 0 Å². The van der Waals surface area contributed by atoms with E-state index in [2.05, 4.69) is 57.9 Å². The lowest BCUT2D eigenvalue weighted by molar-refractivity contribution is 0.0202. The maximum absolute atomic E-state index is 17.7. The van der Waals surface area contributed by atoms with Gasteiger partial charge in [-0.1, -0.05) is 71.7 Å². The van der Waals surface area contributed by atoms with E-state index < -0.39 is 37.0 Å². The molecule has 4 aliphatic rings. The Labute approximate surface area is 366 Å². The third-order valence-electron chi connectivity index (χ3n) is 14.4. The second-order valence-corrected chi connectivity index (χ2v) is 25.9. The Morgan fingerprint density at radius 2 is 1.74 bits per heavy atom. The quantitative estimate of drug-likeness (QED) is 0.115. The first-order valence-corrected chi connectivity index (χ1v) is 24.9. The maximum Gasteiger partial charge on any atom is 0.410 e. The van der Waals surface area contributed by atoms with Gasteiger partial charge in [-0.3, -0.25) is 9.88 Å². The van der Waals surface area contributed by atoms with Crippen LogP contribution in [-0.4, -0.2) is 102 Å². The normalized spacial score (nSPS) is 23.2. The summed E-state index contributed by atoms with van der Waals surface area (Å²) in [5, 5.41) is 1.60. The predicted octanol–water partition coefficient (Wildman–Crippen LogP) is 10.9. The Kier molecular flexibility index (Phi) is 11.8. The number of halogens is 3. The molecule has 0 radical (unpaired) electrons. The van der Waals surface area contributed by atoms with Crippen LogP contribution in [0.15, 0.2) is 36.5 Å². The molecule has 332 valence electrons. The molecule has 62 heavy (non-hydrogen) atoms. The Bertz CT molecular complexity index is 2400. The lowest BCUT2D eigenvalue weighted by Gasteiger charge is -2.38. The molecule has 0 N–H and O–H groups in total. The first-order valence-electron chi connectivity index (χ1n) is 22.7. The Morgan fingerprint density at radius 1 is 1.02 bits per heavy atom. The van der Waals surface area contributed by atoms with E-state index in [1.165, 1.54) is 6.07 Å². The summed E-state index contributed by atoms with van der Waals surface area (Å²) >= 11 is 0. The standard InChI is InChI=1S/C49H63F3N6O3Si/c1-29(2)62(30(3)4,31(5)6)24-20-35-38(51)18-17-32-13-11-14-36(40(32)35)42-41(52)43-37(26-53-42)45(55-46(54-43)60-28-49-21-12-22-57(49)27-34(50)25-49)56(10)39-19-23-58(44(39)33-15-16-33)47(59)61-48(7,8)9/h11,13-14,17-18,26,29-31,33-34,39,44H,12,15-16,19,21-23,25,27-28H2,1-10H3/t34-,39-,44-,49+/m1/s1. The van der Waals surface area contributed by atoms with Crippen molar-refractivity contribution < 1.29 is 27.4 Å². The number of hydrogen-bond acceptors (Lipinski definition) is 8. The van der Waals surface area contributed by atoms with Crippen LogP contribution in [0.3, 0.4) is 0 Å². The van der Waals surface area contributed by atoms with Crippen LogP contribution in [0.1, 0.15) is 106 Å². The van der Waals surface area contributed by atoms with Crippen LogP contribution in [-0.2, 0) is 4.74 Å². The summed E-state index contributed by atoms with van der Waals surface area (Å²) in [7, 11) is -0.343. The number of carbonyl (C=O) groups is 1. The van der Waals surface area contributed by atoms with E-state index >= 15 is 8.78 Å². The molecule has 1 aliphatic carbocycles. The number of aromatic nitrogens is 3. The van der Waals surface area contributed by atoms with E-state index in [1.807, 2.05) is 49.8 Å². The van der Waals surface area contributed by atoms with Crippen LogP contribution in [0.4, 0.5) is 23.8 Å². The fourth-order valence-corrected chi connectivity index (χ4v) is 16.6. The molecule has 3 saturated heterocycles. The minimum atomic E-state index is -2.27. The average Bonchev–Trinajstić information content (AvgIpc) is 3.69. The van der Waals surface area contributed by atoms with Gasteiger partial charge in [-0.15, -0.1) is 5.54 Å². The minimum absolute atomic E-state index is 0.00859. The highest BCUT2D eigenvalue weighted by molar-refractivity contribution is 6.90. The molecule has 4 fully saturated rings. The van der Waals surface area contributed by atoms with Crippen LogP contribution in [0, 0.1) is 29.0 Å². The van der Waals surface area contributed by atoms with Gasteiger partial charge in [0.25, 0.3) is 0 Å². The van der Waals surface area contributed by atoms with Gasteiger partial charge in [0.15, 0.2) is 5.82 Å². The zero-order chi connectivity index (χ0) is 44.5. The molecule has 8 rings (SSSR count). The van der Waals surface area contributed by atoms with Crippen molar-refractivity contribution in [2.24, 2.45) is 5.92 Å². The number of benzene rings is 2. The molecule has 4 aromatic rings. The van der Waals surface area contributed by atoms with Gasteiger partial charge in [-0.25, -0.2) is 18.0 Å². The average molecular weight is 869 g/mol. The van der Waals surface area contributed by atoms with Crippen LogP contribution in [0.2, 0.25) is 16.6 Å². The third-order valence-corrected chi connectivity index (χ3v) is 20.7. The highest BCUT2D eigenvalue weighted by Crippen LogP contribution is 2.46. The molecule has 0 bridgehead atoms. The van der Waals surface area contributed by atoms with Gasteiger partial charge in [0.1, 0.15) is 49.3 Å². The van der Waals surface area contributed by atoms with Crippen molar-refractivity contribution in [3.63, 3.8) is 0 Å². The molecule has 3 aliphatic heterocycles. The van der Waals surface area contributed by atoms with E-state index in [4.69, 9.17) is 24.4 Å². The summed E-state index contributed by atoms with van der Waals surface area (Å²) < 4.78 is 61.0. The van der Waals surface area contributed by atoms with Gasteiger partial charge >= 0.3 is 12.1 Å². The van der Waals surface area contributed by atoms with Gasteiger partial charge in [0.2, 0.25) is 0 Å². The summed E-state index contributed by atoms with van der Waals surface area (Å²) in [5.74, 6) is 2.90. The summed E-state index contributed by atoms with van der Waals surface area (Å²) in [6.07, 6.45) is 5.04. The molecule has 0 unspecified atom stereocenters. The fraction of sp³-hybridized carbons (Fsp3) is 0.592. The Morgan fingerprint density at radius 3 is 2.42 bits per heavy atom. The first-order chi connectivity index (χ1) is 29.3. The molecular weight excluding hydrogens is 806 g/mol. The van der Waals surface area contributed by atoms with Gasteiger partial charge in [0, 0.05) is 43.7 Å². The summed E-state index contributed by atoms with van der Waals surface area (Å²) in [6.45, 7) is 20.8. The molecular formula is C49H63F3N6O3Si. The number of pyridine rings is 1. The van der Waals surface area contributed by atoms with Crippen molar-refractivity contribution in [3.05, 3.63) is 53.7 Å². The zero-order valence-corrected chi connectivity index (χ0v) is 39.1. The number of nitrogens with zero attached hydrogens (tertiary/aromatic N) is 6. The summed E-state index contributed by atoms with van der Waals surface area (Å²) in [6, 6.07) is 8.29. The second kappa shape index (κ2) is 16.6. The molecule has 13 heteroatoms. The molecule has 9 nitrogen and oxygen atoms in total. The molecule has 1 saturated carbocycles. The monoisotopic (exact) mass is 868 g/mol. The van der Waals surface area contributed by atoms with Crippen LogP contribution >= 0.6 is 0 Å². The number of likely N-dealkylation sites (N-methyl/N-ethyl adjacent to an activating group) is 1.